The standard InChI is InChI=1S/C35H38BrN3O4S/c1-4-21-37-35(41)33(23-28-10-6-5-7-11-28)38(24-29-12-8-9-27(3)22-29)34(40)25-39(31-17-15-30(36)16-18-31)44(42,43)32-19-13-26(2)14-20-32/h5-20,22,33H,4,21,23-25H2,1-3H3,(H,37,41). The molecule has 2 amide bonds. The number of aryl methyl sites for hydroxylation is 2. The van der Waals surface area contributed by atoms with Crippen molar-refractivity contribution in [2.75, 3.05) is 17.4 Å². The molecular formula is C35H38BrN3O4S. The molecule has 0 aliphatic heterocycles. The van der Waals surface area contributed by atoms with Crippen molar-refractivity contribution in [1.82, 2.24) is 10.2 Å². The summed E-state index contributed by atoms with van der Waals surface area (Å²) in [5.74, 6) is -0.772. The lowest BCUT2D eigenvalue weighted by molar-refractivity contribution is -0.140. The molecule has 0 bridgehead atoms. The van der Waals surface area contributed by atoms with E-state index in [0.29, 0.717) is 12.2 Å². The first-order valence-corrected chi connectivity index (χ1v) is 16.8. The van der Waals surface area contributed by atoms with E-state index in [-0.39, 0.29) is 23.8 Å². The lowest BCUT2D eigenvalue weighted by Gasteiger charge is -2.34. The molecule has 0 heterocycles. The molecule has 1 unspecified atom stereocenters. The second-order valence-electron chi connectivity index (χ2n) is 10.8. The topological polar surface area (TPSA) is 86.8 Å². The van der Waals surface area contributed by atoms with E-state index in [1.807, 2.05) is 75.4 Å². The van der Waals surface area contributed by atoms with Crippen molar-refractivity contribution in [3.63, 3.8) is 0 Å². The third-order valence-corrected chi connectivity index (χ3v) is 9.57. The average molecular weight is 677 g/mol. The van der Waals surface area contributed by atoms with Crippen molar-refractivity contribution in [2.24, 2.45) is 0 Å². The van der Waals surface area contributed by atoms with Gasteiger partial charge >= 0.3 is 0 Å². The molecule has 4 rings (SSSR count). The minimum atomic E-state index is -4.14. The highest BCUT2D eigenvalue weighted by Crippen LogP contribution is 2.27. The molecule has 230 valence electrons. The number of nitrogens with one attached hydrogen (secondary N) is 1. The number of benzene rings is 4. The summed E-state index contributed by atoms with van der Waals surface area (Å²) in [6.07, 6.45) is 1.01. The Kier molecular flexibility index (Phi) is 11.4. The molecule has 44 heavy (non-hydrogen) atoms. The maximum atomic E-state index is 14.5. The van der Waals surface area contributed by atoms with Crippen LogP contribution in [0.1, 0.15) is 35.6 Å². The predicted octanol–water partition coefficient (Wildman–Crippen LogP) is 6.43. The van der Waals surface area contributed by atoms with E-state index in [1.165, 1.54) is 4.90 Å². The molecule has 0 aliphatic carbocycles. The first-order valence-electron chi connectivity index (χ1n) is 14.6. The number of hydrogen-bond acceptors (Lipinski definition) is 4. The molecule has 9 heteroatoms. The lowest BCUT2D eigenvalue weighted by atomic mass is 10.0. The molecule has 4 aromatic carbocycles. The van der Waals surface area contributed by atoms with Crippen LogP contribution in [0, 0.1) is 13.8 Å². The van der Waals surface area contributed by atoms with E-state index in [9.17, 15) is 18.0 Å². The summed E-state index contributed by atoms with van der Waals surface area (Å²) in [7, 11) is -4.14. The largest absolute Gasteiger partial charge is 0.354 e. The van der Waals surface area contributed by atoms with Gasteiger partial charge in [0.25, 0.3) is 10.0 Å². The fourth-order valence-electron chi connectivity index (χ4n) is 4.90. The number of hydrogen-bond donors (Lipinski definition) is 1. The Morgan fingerprint density at radius 2 is 1.48 bits per heavy atom. The second kappa shape index (κ2) is 15.2. The van der Waals surface area contributed by atoms with E-state index in [2.05, 4.69) is 21.2 Å². The molecule has 0 saturated heterocycles. The lowest BCUT2D eigenvalue weighted by Crippen LogP contribution is -2.53. The van der Waals surface area contributed by atoms with Crippen molar-refractivity contribution in [2.45, 2.75) is 51.1 Å². The maximum Gasteiger partial charge on any atom is 0.264 e. The SMILES string of the molecule is CCCNC(=O)C(Cc1ccccc1)N(Cc1cccc(C)c1)C(=O)CN(c1ccc(Br)cc1)S(=O)(=O)c1ccc(C)cc1. The zero-order valence-corrected chi connectivity index (χ0v) is 27.6. The quantitative estimate of drug-likeness (QED) is 0.177. The van der Waals surface area contributed by atoms with E-state index in [4.69, 9.17) is 0 Å². The van der Waals surface area contributed by atoms with Gasteiger partial charge in [0.2, 0.25) is 11.8 Å². The molecule has 1 N–H and O–H groups in total. The molecule has 0 radical (unpaired) electrons. The van der Waals surface area contributed by atoms with Gasteiger partial charge in [-0.15, -0.1) is 0 Å². The zero-order chi connectivity index (χ0) is 31.7. The van der Waals surface area contributed by atoms with Crippen LogP contribution >= 0.6 is 15.9 Å². The van der Waals surface area contributed by atoms with Gasteiger partial charge in [-0.3, -0.25) is 13.9 Å². The minimum Gasteiger partial charge on any atom is -0.354 e. The molecule has 0 saturated carbocycles. The number of halogens is 1. The summed E-state index contributed by atoms with van der Waals surface area (Å²) >= 11 is 3.41. The van der Waals surface area contributed by atoms with Gasteiger partial charge in [0, 0.05) is 24.0 Å². The number of carbonyl (C=O) groups excluding carboxylic acids is 2. The predicted molar refractivity (Wildman–Crippen MR) is 179 cm³/mol. The summed E-state index contributed by atoms with van der Waals surface area (Å²) in [5, 5.41) is 2.97. The Labute approximate surface area is 269 Å². The molecule has 4 aromatic rings. The van der Waals surface area contributed by atoms with Crippen LogP contribution in [-0.4, -0.2) is 44.3 Å². The minimum absolute atomic E-state index is 0.0746. The van der Waals surface area contributed by atoms with Gasteiger partial charge in [-0.25, -0.2) is 8.42 Å². The Balaban J connectivity index is 1.79. The number of amides is 2. The van der Waals surface area contributed by atoms with Crippen molar-refractivity contribution in [3.8, 4) is 0 Å². The third kappa shape index (κ3) is 8.57. The van der Waals surface area contributed by atoms with Gasteiger partial charge < -0.3 is 10.2 Å². The molecular weight excluding hydrogens is 638 g/mol. The normalized spacial score (nSPS) is 11.9. The number of anilines is 1. The summed E-state index contributed by atoms with van der Waals surface area (Å²) in [5.41, 5.74) is 4.01. The number of carbonyl (C=O) groups is 2. The van der Waals surface area contributed by atoms with Gasteiger partial charge in [-0.05, 0) is 67.8 Å². The van der Waals surface area contributed by atoms with Crippen molar-refractivity contribution in [3.05, 3.63) is 130 Å². The van der Waals surface area contributed by atoms with Gasteiger partial charge in [-0.2, -0.15) is 0 Å². The molecule has 1 atom stereocenters. The van der Waals surface area contributed by atoms with E-state index >= 15 is 0 Å². The van der Waals surface area contributed by atoms with Crippen molar-refractivity contribution in [1.29, 1.82) is 0 Å². The summed E-state index contributed by atoms with van der Waals surface area (Å²) < 4.78 is 30.1. The number of rotatable bonds is 13. The van der Waals surface area contributed by atoms with Crippen LogP contribution in [-0.2, 0) is 32.6 Å². The smallest absolute Gasteiger partial charge is 0.264 e. The Morgan fingerprint density at radius 1 is 0.818 bits per heavy atom. The summed E-state index contributed by atoms with van der Waals surface area (Å²) in [6, 6.07) is 29.7. The van der Waals surface area contributed by atoms with E-state index < -0.39 is 28.5 Å². The van der Waals surface area contributed by atoms with Crippen molar-refractivity contribution < 1.29 is 18.0 Å². The Hall–Kier alpha value is -3.95. The number of nitrogens with zero attached hydrogens (tertiary/aromatic N) is 2. The van der Waals surface area contributed by atoms with E-state index in [1.54, 1.807) is 48.5 Å². The molecule has 0 spiro atoms. The van der Waals surface area contributed by atoms with E-state index in [0.717, 1.165) is 37.5 Å². The molecule has 0 aliphatic rings. The zero-order valence-electron chi connectivity index (χ0n) is 25.2. The third-order valence-electron chi connectivity index (χ3n) is 7.26. The molecule has 0 fully saturated rings. The summed E-state index contributed by atoms with van der Waals surface area (Å²) in [6.45, 7) is 5.92. The Morgan fingerprint density at radius 3 is 2.11 bits per heavy atom. The van der Waals surface area contributed by atoms with Crippen LogP contribution < -0.4 is 9.62 Å². The molecule has 0 aromatic heterocycles. The van der Waals surface area contributed by atoms with Crippen LogP contribution in [0.3, 0.4) is 0 Å². The maximum absolute atomic E-state index is 14.5. The van der Waals surface area contributed by atoms with Gasteiger partial charge in [0.05, 0.1) is 10.6 Å². The first-order chi connectivity index (χ1) is 21.1. The second-order valence-corrected chi connectivity index (χ2v) is 13.6. The van der Waals surface area contributed by atoms with Crippen LogP contribution in [0.15, 0.2) is 112 Å². The van der Waals surface area contributed by atoms with Crippen LogP contribution in [0.2, 0.25) is 0 Å². The van der Waals surface area contributed by atoms with Crippen LogP contribution in [0.4, 0.5) is 5.69 Å². The highest BCUT2D eigenvalue weighted by molar-refractivity contribution is 9.10. The van der Waals surface area contributed by atoms with Crippen LogP contribution in [0.25, 0.3) is 0 Å². The van der Waals surface area contributed by atoms with Gasteiger partial charge in [0.1, 0.15) is 12.6 Å². The highest BCUT2D eigenvalue weighted by atomic mass is 79.9. The Bertz CT molecular complexity index is 1660. The monoisotopic (exact) mass is 675 g/mol. The fraction of sp³-hybridized carbons (Fsp3) is 0.257. The molecule has 7 nitrogen and oxygen atoms in total. The average Bonchev–Trinajstić information content (AvgIpc) is 3.01. The van der Waals surface area contributed by atoms with Crippen molar-refractivity contribution >= 4 is 43.5 Å². The summed E-state index contributed by atoms with van der Waals surface area (Å²) in [4.78, 5) is 29.8. The fourth-order valence-corrected chi connectivity index (χ4v) is 6.58. The van der Waals surface area contributed by atoms with Gasteiger partial charge in [-0.1, -0.05) is 101 Å². The highest BCUT2D eigenvalue weighted by Gasteiger charge is 2.34. The number of sulfonamides is 1. The first kappa shape index (κ1) is 33.0. The van der Waals surface area contributed by atoms with Crippen LogP contribution in [0.5, 0.6) is 0 Å². The van der Waals surface area contributed by atoms with Gasteiger partial charge in [0.15, 0.2) is 0 Å².